The molecule has 0 radical (unpaired) electrons. The highest BCUT2D eigenvalue weighted by Crippen LogP contribution is 2.37. The van der Waals surface area contributed by atoms with Gasteiger partial charge in [0.05, 0.1) is 29.2 Å². The normalized spacial score (nSPS) is 13.2. The molecule has 2 aromatic heterocycles. The van der Waals surface area contributed by atoms with Gasteiger partial charge >= 0.3 is 5.69 Å². The van der Waals surface area contributed by atoms with Crippen molar-refractivity contribution < 1.29 is 14.3 Å². The van der Waals surface area contributed by atoms with Crippen LogP contribution in [0.15, 0.2) is 34.0 Å². The summed E-state index contributed by atoms with van der Waals surface area (Å²) in [5.74, 6) is 0.613. The molecule has 0 spiro atoms. The van der Waals surface area contributed by atoms with Crippen molar-refractivity contribution in [1.29, 1.82) is 0 Å². The fraction of sp³-hybridized carbons (Fsp3) is 0.222. The van der Waals surface area contributed by atoms with Crippen molar-refractivity contribution in [3.05, 3.63) is 61.4 Å². The molecule has 0 bridgehead atoms. The average molecular weight is 403 g/mol. The molecule has 0 atom stereocenters. The summed E-state index contributed by atoms with van der Waals surface area (Å²) in [4.78, 5) is 44.1. The Hall–Kier alpha value is -3.33. The third-order valence-corrected chi connectivity index (χ3v) is 4.45. The summed E-state index contributed by atoms with van der Waals surface area (Å²) < 4.78 is 11.2. The van der Waals surface area contributed by atoms with E-state index in [1.165, 1.54) is 12.3 Å². The Labute approximate surface area is 162 Å². The lowest BCUT2D eigenvalue weighted by atomic mass is 10.1. The zero-order valence-corrected chi connectivity index (χ0v) is 15.3. The molecule has 3 heterocycles. The Kier molecular flexibility index (Phi) is 4.74. The van der Waals surface area contributed by atoms with Gasteiger partial charge in [-0.05, 0) is 23.8 Å². The number of nitrogens with zero attached hydrogens (tertiary/aromatic N) is 1. The van der Waals surface area contributed by atoms with Crippen molar-refractivity contribution in [2.24, 2.45) is 0 Å². The number of aromatic amines is 2. The number of fused-ring (bicyclic) bond motifs is 2. The number of amides is 1. The topological polar surface area (TPSA) is 126 Å². The maximum Gasteiger partial charge on any atom is 0.327 e. The first-order chi connectivity index (χ1) is 13.5. The molecule has 1 amide bonds. The van der Waals surface area contributed by atoms with E-state index in [0.29, 0.717) is 29.7 Å². The summed E-state index contributed by atoms with van der Waals surface area (Å²) in [5, 5.41) is 3.27. The fourth-order valence-corrected chi connectivity index (χ4v) is 3.13. The van der Waals surface area contributed by atoms with Gasteiger partial charge in [0.15, 0.2) is 11.5 Å². The average Bonchev–Trinajstić information content (AvgIpc) is 2.91. The molecule has 0 unspecified atom stereocenters. The molecule has 0 fully saturated rings. The van der Waals surface area contributed by atoms with Gasteiger partial charge in [0.25, 0.3) is 11.5 Å². The summed E-state index contributed by atoms with van der Waals surface area (Å²) in [6, 6.07) is 4.83. The van der Waals surface area contributed by atoms with Gasteiger partial charge < -0.3 is 14.8 Å². The van der Waals surface area contributed by atoms with Gasteiger partial charge in [-0.2, -0.15) is 0 Å². The molecular formula is C18H15ClN4O5. The van der Waals surface area contributed by atoms with Gasteiger partial charge in [-0.15, -0.1) is 0 Å². The smallest absolute Gasteiger partial charge is 0.327 e. The highest BCUT2D eigenvalue weighted by molar-refractivity contribution is 6.32. The van der Waals surface area contributed by atoms with Crippen molar-refractivity contribution in [1.82, 2.24) is 20.3 Å². The molecule has 144 valence electrons. The molecular weight excluding hydrogens is 388 g/mol. The molecule has 0 saturated heterocycles. The van der Waals surface area contributed by atoms with Gasteiger partial charge in [0.2, 0.25) is 0 Å². The first-order valence-electron chi connectivity index (χ1n) is 8.50. The quantitative estimate of drug-likeness (QED) is 0.607. The van der Waals surface area contributed by atoms with Crippen LogP contribution in [0.25, 0.3) is 11.0 Å². The zero-order chi connectivity index (χ0) is 19.7. The number of nitrogens with one attached hydrogen (secondary N) is 3. The molecule has 1 aliphatic heterocycles. The lowest BCUT2D eigenvalue weighted by molar-refractivity contribution is 0.0950. The lowest BCUT2D eigenvalue weighted by Crippen LogP contribution is -2.25. The van der Waals surface area contributed by atoms with E-state index in [2.05, 4.69) is 20.3 Å². The second kappa shape index (κ2) is 7.35. The van der Waals surface area contributed by atoms with Gasteiger partial charge in [0.1, 0.15) is 5.65 Å². The van der Waals surface area contributed by atoms with Crippen LogP contribution in [-0.2, 0) is 6.54 Å². The Morgan fingerprint density at radius 3 is 2.86 bits per heavy atom. The number of carbonyl (C=O) groups is 1. The third-order valence-electron chi connectivity index (χ3n) is 4.17. The molecule has 1 aliphatic rings. The Bertz CT molecular complexity index is 1190. The van der Waals surface area contributed by atoms with Crippen molar-refractivity contribution in [2.75, 3.05) is 13.2 Å². The summed E-state index contributed by atoms with van der Waals surface area (Å²) in [6.07, 6.45) is 2.05. The van der Waals surface area contributed by atoms with Gasteiger partial charge in [0, 0.05) is 19.2 Å². The maximum absolute atomic E-state index is 12.4. The monoisotopic (exact) mass is 402 g/mol. The van der Waals surface area contributed by atoms with Crippen LogP contribution in [0.2, 0.25) is 5.02 Å². The number of rotatable bonds is 3. The molecule has 10 heteroatoms. The third kappa shape index (κ3) is 3.56. The summed E-state index contributed by atoms with van der Waals surface area (Å²) in [6.45, 7) is 1.25. The van der Waals surface area contributed by atoms with Crippen LogP contribution in [0.1, 0.15) is 22.3 Å². The number of H-pyrrole nitrogens is 2. The SMILES string of the molecule is O=C(NCc1cc(Cl)c2c(c1)OCCCO2)c1cnc2[nH]c(=O)[nH]c(=O)c2c1. The minimum atomic E-state index is -0.659. The van der Waals surface area contributed by atoms with E-state index in [1.54, 1.807) is 12.1 Å². The number of carbonyl (C=O) groups excluding carboxylic acids is 1. The number of pyridine rings is 1. The number of halogens is 1. The number of hydrogen-bond acceptors (Lipinski definition) is 6. The molecule has 0 aliphatic carbocycles. The van der Waals surface area contributed by atoms with Crippen LogP contribution in [0, 0.1) is 0 Å². The van der Waals surface area contributed by atoms with Gasteiger partial charge in [-0.25, -0.2) is 9.78 Å². The first-order valence-corrected chi connectivity index (χ1v) is 8.87. The van der Waals surface area contributed by atoms with E-state index in [1.807, 2.05) is 0 Å². The molecule has 3 aromatic rings. The summed E-state index contributed by atoms with van der Waals surface area (Å²) in [7, 11) is 0. The fourth-order valence-electron chi connectivity index (χ4n) is 2.84. The van der Waals surface area contributed by atoms with Crippen molar-refractivity contribution in [3.8, 4) is 11.5 Å². The van der Waals surface area contributed by atoms with E-state index in [-0.39, 0.29) is 23.1 Å². The van der Waals surface area contributed by atoms with E-state index in [9.17, 15) is 14.4 Å². The molecule has 0 saturated carbocycles. The molecule has 1 aromatic carbocycles. The molecule has 28 heavy (non-hydrogen) atoms. The number of ether oxygens (including phenoxy) is 2. The van der Waals surface area contributed by atoms with Gasteiger partial charge in [-0.1, -0.05) is 11.6 Å². The predicted octanol–water partition coefficient (Wildman–Crippen LogP) is 1.36. The van der Waals surface area contributed by atoms with E-state index in [4.69, 9.17) is 21.1 Å². The van der Waals surface area contributed by atoms with Crippen molar-refractivity contribution in [3.63, 3.8) is 0 Å². The number of hydrogen-bond donors (Lipinski definition) is 3. The van der Waals surface area contributed by atoms with Crippen LogP contribution >= 0.6 is 11.6 Å². The zero-order valence-electron chi connectivity index (χ0n) is 14.5. The maximum atomic E-state index is 12.4. The molecule has 9 nitrogen and oxygen atoms in total. The number of aromatic nitrogens is 3. The highest BCUT2D eigenvalue weighted by Gasteiger charge is 2.16. The minimum absolute atomic E-state index is 0.111. The van der Waals surface area contributed by atoms with Crippen molar-refractivity contribution in [2.45, 2.75) is 13.0 Å². The second-order valence-corrected chi connectivity index (χ2v) is 6.57. The van der Waals surface area contributed by atoms with Crippen LogP contribution < -0.4 is 26.0 Å². The number of benzene rings is 1. The first kappa shape index (κ1) is 18.1. The Balaban J connectivity index is 1.54. The van der Waals surface area contributed by atoms with Crippen LogP contribution in [0.3, 0.4) is 0 Å². The second-order valence-electron chi connectivity index (χ2n) is 6.17. The summed E-state index contributed by atoms with van der Waals surface area (Å²) in [5.41, 5.74) is -0.243. The van der Waals surface area contributed by atoms with Crippen LogP contribution in [0.4, 0.5) is 0 Å². The highest BCUT2D eigenvalue weighted by atomic mass is 35.5. The summed E-state index contributed by atoms with van der Waals surface area (Å²) >= 11 is 6.25. The van der Waals surface area contributed by atoms with E-state index in [0.717, 1.165) is 12.0 Å². The van der Waals surface area contributed by atoms with Crippen LogP contribution in [0.5, 0.6) is 11.5 Å². The van der Waals surface area contributed by atoms with Gasteiger partial charge in [-0.3, -0.25) is 19.6 Å². The Morgan fingerprint density at radius 1 is 1.18 bits per heavy atom. The molecule has 4 rings (SSSR count). The standard InChI is InChI=1S/C18H15ClN4O5/c19-12-4-9(5-13-14(12)28-3-1-2-27-13)7-21-16(24)10-6-11-15(20-8-10)22-18(26)23-17(11)25/h4-6,8H,1-3,7H2,(H,21,24)(H2,20,22,23,25,26). The van der Waals surface area contributed by atoms with E-state index < -0.39 is 17.2 Å². The molecule has 3 N–H and O–H groups in total. The van der Waals surface area contributed by atoms with E-state index >= 15 is 0 Å². The lowest BCUT2D eigenvalue weighted by Gasteiger charge is -2.12. The Morgan fingerprint density at radius 2 is 2.00 bits per heavy atom. The largest absolute Gasteiger partial charge is 0.489 e. The van der Waals surface area contributed by atoms with Crippen molar-refractivity contribution >= 4 is 28.5 Å². The predicted molar refractivity (Wildman–Crippen MR) is 101 cm³/mol. The van der Waals surface area contributed by atoms with Crippen LogP contribution in [-0.4, -0.2) is 34.1 Å². The minimum Gasteiger partial charge on any atom is -0.489 e.